The number of hydrogen-bond acceptors (Lipinski definition) is 4. The number of nitrogens with two attached hydrogens (primary N) is 1. The zero-order valence-electron chi connectivity index (χ0n) is 14.4. The van der Waals surface area contributed by atoms with Crippen LogP contribution in [0.15, 0.2) is 30.3 Å². The van der Waals surface area contributed by atoms with Crippen LogP contribution in [-0.4, -0.2) is 42.6 Å². The Labute approximate surface area is 143 Å². The maximum atomic E-state index is 12.1. The van der Waals surface area contributed by atoms with Crippen molar-refractivity contribution in [3.05, 3.63) is 35.9 Å². The molecular weight excluding hydrogens is 306 g/mol. The molecule has 0 aromatic heterocycles. The molecular formula is C18H27N3O3. The van der Waals surface area contributed by atoms with E-state index >= 15 is 0 Å². The quantitative estimate of drug-likeness (QED) is 0.830. The van der Waals surface area contributed by atoms with E-state index in [0.717, 1.165) is 12.0 Å². The van der Waals surface area contributed by atoms with E-state index in [-0.39, 0.29) is 30.4 Å². The van der Waals surface area contributed by atoms with Gasteiger partial charge < -0.3 is 20.7 Å². The first kappa shape index (κ1) is 18.3. The van der Waals surface area contributed by atoms with Crippen LogP contribution in [0.25, 0.3) is 0 Å². The molecule has 2 amide bonds. The van der Waals surface area contributed by atoms with Crippen LogP contribution in [0.2, 0.25) is 0 Å². The minimum atomic E-state index is -0.488. The second-order valence-electron chi connectivity index (χ2n) is 6.66. The standard InChI is InChI=1S/C18H27N3O3/c1-13(2)16(19)17(22)20-10-15-8-9-21(11-15)18(23)24-12-14-6-4-3-5-7-14/h3-7,13,15-16H,8-12,19H2,1-2H3,(H,20,22)/t15-,16+/m1/s1. The van der Waals surface area contributed by atoms with E-state index in [4.69, 9.17) is 10.5 Å². The van der Waals surface area contributed by atoms with Crippen LogP contribution in [0.1, 0.15) is 25.8 Å². The van der Waals surface area contributed by atoms with E-state index < -0.39 is 6.04 Å². The van der Waals surface area contributed by atoms with Crippen LogP contribution in [0, 0.1) is 11.8 Å². The lowest BCUT2D eigenvalue weighted by atomic mass is 10.0. The summed E-state index contributed by atoms with van der Waals surface area (Å²) in [7, 11) is 0. The second-order valence-corrected chi connectivity index (χ2v) is 6.66. The summed E-state index contributed by atoms with van der Waals surface area (Å²) in [6, 6.07) is 9.12. The Kier molecular flexibility index (Phi) is 6.61. The Morgan fingerprint density at radius 2 is 2.04 bits per heavy atom. The van der Waals surface area contributed by atoms with Crippen LogP contribution in [0.5, 0.6) is 0 Å². The third-order valence-electron chi connectivity index (χ3n) is 4.34. The molecule has 1 aromatic carbocycles. The molecule has 1 fully saturated rings. The van der Waals surface area contributed by atoms with Crippen molar-refractivity contribution in [2.45, 2.75) is 32.9 Å². The third-order valence-corrected chi connectivity index (χ3v) is 4.34. The van der Waals surface area contributed by atoms with Gasteiger partial charge in [-0.1, -0.05) is 44.2 Å². The molecule has 2 rings (SSSR count). The molecule has 6 heteroatoms. The molecule has 0 bridgehead atoms. The maximum absolute atomic E-state index is 12.1. The highest BCUT2D eigenvalue weighted by atomic mass is 16.6. The van der Waals surface area contributed by atoms with Crippen molar-refractivity contribution >= 4 is 12.0 Å². The van der Waals surface area contributed by atoms with Gasteiger partial charge in [0.05, 0.1) is 6.04 Å². The minimum absolute atomic E-state index is 0.109. The van der Waals surface area contributed by atoms with Gasteiger partial charge in [0.1, 0.15) is 6.61 Å². The number of carbonyl (C=O) groups is 2. The monoisotopic (exact) mass is 333 g/mol. The molecule has 1 aliphatic rings. The van der Waals surface area contributed by atoms with Gasteiger partial charge in [0.15, 0.2) is 0 Å². The zero-order chi connectivity index (χ0) is 17.5. The van der Waals surface area contributed by atoms with Crippen LogP contribution in [0.4, 0.5) is 4.79 Å². The van der Waals surface area contributed by atoms with E-state index in [2.05, 4.69) is 5.32 Å². The van der Waals surface area contributed by atoms with Crippen LogP contribution in [0.3, 0.4) is 0 Å². The lowest BCUT2D eigenvalue weighted by Crippen LogP contribution is -2.45. The predicted molar refractivity (Wildman–Crippen MR) is 92.1 cm³/mol. The Morgan fingerprint density at radius 3 is 2.71 bits per heavy atom. The van der Waals surface area contributed by atoms with Gasteiger partial charge in [0.2, 0.25) is 5.91 Å². The summed E-state index contributed by atoms with van der Waals surface area (Å²) < 4.78 is 5.34. The molecule has 2 atom stereocenters. The van der Waals surface area contributed by atoms with Gasteiger partial charge in [0, 0.05) is 19.6 Å². The molecule has 0 radical (unpaired) electrons. The molecule has 3 N–H and O–H groups in total. The maximum Gasteiger partial charge on any atom is 0.410 e. The van der Waals surface area contributed by atoms with Gasteiger partial charge in [-0.05, 0) is 23.8 Å². The third kappa shape index (κ3) is 5.23. The number of nitrogens with one attached hydrogen (secondary N) is 1. The van der Waals surface area contributed by atoms with Crippen molar-refractivity contribution in [3.63, 3.8) is 0 Å². The first-order valence-electron chi connectivity index (χ1n) is 8.46. The molecule has 0 aliphatic carbocycles. The Bertz CT molecular complexity index is 548. The molecule has 1 saturated heterocycles. The van der Waals surface area contributed by atoms with Gasteiger partial charge in [-0.15, -0.1) is 0 Å². The van der Waals surface area contributed by atoms with Gasteiger partial charge in [-0.25, -0.2) is 4.79 Å². The molecule has 0 unspecified atom stereocenters. The number of nitrogens with zero attached hydrogens (tertiary/aromatic N) is 1. The normalized spacial score (nSPS) is 18.5. The number of likely N-dealkylation sites (tertiary alicyclic amines) is 1. The summed E-state index contributed by atoms with van der Waals surface area (Å²) >= 11 is 0. The highest BCUT2D eigenvalue weighted by Gasteiger charge is 2.28. The average Bonchev–Trinajstić information content (AvgIpc) is 3.06. The van der Waals surface area contributed by atoms with E-state index in [0.29, 0.717) is 19.6 Å². The topological polar surface area (TPSA) is 84.7 Å². The predicted octanol–water partition coefficient (Wildman–Crippen LogP) is 1.74. The Morgan fingerprint density at radius 1 is 1.33 bits per heavy atom. The minimum Gasteiger partial charge on any atom is -0.445 e. The Balaban J connectivity index is 1.70. The largest absolute Gasteiger partial charge is 0.445 e. The Hall–Kier alpha value is -2.08. The van der Waals surface area contributed by atoms with Crippen molar-refractivity contribution in [2.75, 3.05) is 19.6 Å². The molecule has 0 spiro atoms. The van der Waals surface area contributed by atoms with Gasteiger partial charge in [0.25, 0.3) is 0 Å². The smallest absolute Gasteiger partial charge is 0.410 e. The number of hydrogen-bond donors (Lipinski definition) is 2. The van der Waals surface area contributed by atoms with Crippen LogP contribution >= 0.6 is 0 Å². The molecule has 1 aliphatic heterocycles. The number of benzene rings is 1. The first-order valence-corrected chi connectivity index (χ1v) is 8.46. The summed E-state index contributed by atoms with van der Waals surface area (Å²) in [4.78, 5) is 25.7. The number of carbonyl (C=O) groups excluding carboxylic acids is 2. The molecule has 24 heavy (non-hydrogen) atoms. The highest BCUT2D eigenvalue weighted by Crippen LogP contribution is 2.17. The number of ether oxygens (including phenoxy) is 1. The zero-order valence-corrected chi connectivity index (χ0v) is 14.4. The summed E-state index contributed by atoms with van der Waals surface area (Å²) in [5, 5.41) is 2.88. The average molecular weight is 333 g/mol. The molecule has 132 valence electrons. The first-order chi connectivity index (χ1) is 11.5. The molecule has 1 aromatic rings. The van der Waals surface area contributed by atoms with Gasteiger partial charge >= 0.3 is 6.09 Å². The van der Waals surface area contributed by atoms with E-state index in [1.54, 1.807) is 4.90 Å². The van der Waals surface area contributed by atoms with E-state index in [1.165, 1.54) is 0 Å². The van der Waals surface area contributed by atoms with E-state index in [1.807, 2.05) is 44.2 Å². The molecule has 1 heterocycles. The van der Waals surface area contributed by atoms with Gasteiger partial charge in [-0.3, -0.25) is 4.79 Å². The SMILES string of the molecule is CC(C)[C@H](N)C(=O)NC[C@H]1CCN(C(=O)OCc2ccccc2)C1. The molecule has 0 saturated carbocycles. The second kappa shape index (κ2) is 8.68. The fourth-order valence-corrected chi connectivity index (χ4v) is 2.64. The van der Waals surface area contributed by atoms with Crippen molar-refractivity contribution < 1.29 is 14.3 Å². The fraction of sp³-hybridized carbons (Fsp3) is 0.556. The molecule has 6 nitrogen and oxygen atoms in total. The van der Waals surface area contributed by atoms with E-state index in [9.17, 15) is 9.59 Å². The van der Waals surface area contributed by atoms with Crippen molar-refractivity contribution in [3.8, 4) is 0 Å². The van der Waals surface area contributed by atoms with Crippen molar-refractivity contribution in [1.82, 2.24) is 10.2 Å². The number of amides is 2. The summed E-state index contributed by atoms with van der Waals surface area (Å²) in [6.07, 6.45) is 0.559. The number of rotatable bonds is 6. The fourth-order valence-electron chi connectivity index (χ4n) is 2.64. The lowest BCUT2D eigenvalue weighted by Gasteiger charge is -2.18. The lowest BCUT2D eigenvalue weighted by molar-refractivity contribution is -0.123. The van der Waals surface area contributed by atoms with Gasteiger partial charge in [-0.2, -0.15) is 0 Å². The van der Waals surface area contributed by atoms with Crippen molar-refractivity contribution in [1.29, 1.82) is 0 Å². The summed E-state index contributed by atoms with van der Waals surface area (Å²) in [5.41, 5.74) is 6.79. The van der Waals surface area contributed by atoms with Crippen LogP contribution < -0.4 is 11.1 Å². The highest BCUT2D eigenvalue weighted by molar-refractivity contribution is 5.81. The summed E-state index contributed by atoms with van der Waals surface area (Å²) in [6.45, 7) is 5.92. The van der Waals surface area contributed by atoms with Crippen molar-refractivity contribution in [2.24, 2.45) is 17.6 Å². The van der Waals surface area contributed by atoms with Crippen LogP contribution in [-0.2, 0) is 16.1 Å². The summed E-state index contributed by atoms with van der Waals surface area (Å²) in [5.74, 6) is 0.228.